The summed E-state index contributed by atoms with van der Waals surface area (Å²) >= 11 is 0. The number of nitrogens with zero attached hydrogens (tertiary/aromatic N) is 1. The lowest BCUT2D eigenvalue weighted by molar-refractivity contribution is 0.102. The fourth-order valence-corrected chi connectivity index (χ4v) is 3.26. The number of hydrogen-bond acceptors (Lipinski definition) is 1. The van der Waals surface area contributed by atoms with Crippen molar-refractivity contribution in [1.29, 1.82) is 0 Å². The van der Waals surface area contributed by atoms with Gasteiger partial charge in [0.1, 0.15) is 0 Å². The fourth-order valence-electron chi connectivity index (χ4n) is 3.26. The largest absolute Gasteiger partial charge is 0.338 e. The number of carbonyl (C=O) groups is 1. The molecule has 0 radical (unpaired) electrons. The number of allylic oxidation sites excluding steroid dienone is 1. The van der Waals surface area contributed by atoms with E-state index in [-0.39, 0.29) is 11.2 Å². The summed E-state index contributed by atoms with van der Waals surface area (Å²) in [6.07, 6.45) is 3.27. The van der Waals surface area contributed by atoms with Gasteiger partial charge in [0.15, 0.2) is 0 Å². The van der Waals surface area contributed by atoms with E-state index in [4.69, 9.17) is 0 Å². The number of aromatic nitrogens is 1. The van der Waals surface area contributed by atoms with Crippen LogP contribution >= 0.6 is 0 Å². The second-order valence-corrected chi connectivity index (χ2v) is 6.76. The molecule has 2 nitrogen and oxygen atoms in total. The van der Waals surface area contributed by atoms with Crippen LogP contribution in [-0.4, -0.2) is 10.4 Å². The van der Waals surface area contributed by atoms with Crippen molar-refractivity contribution in [3.63, 3.8) is 0 Å². The number of benzene rings is 1. The molecule has 0 atom stereocenters. The molecule has 0 spiro atoms. The molecule has 0 saturated carbocycles. The molecule has 0 fully saturated rings. The van der Waals surface area contributed by atoms with Gasteiger partial charge < -0.3 is 4.57 Å². The molecule has 3 rings (SSSR count). The van der Waals surface area contributed by atoms with Crippen molar-refractivity contribution in [2.45, 2.75) is 33.7 Å². The maximum Gasteiger partial charge on any atom is 0.209 e. The van der Waals surface area contributed by atoms with Crippen molar-refractivity contribution in [1.82, 2.24) is 4.57 Å². The zero-order valence-corrected chi connectivity index (χ0v) is 12.9. The maximum absolute atomic E-state index is 12.7. The molecule has 2 heteroatoms. The first-order chi connectivity index (χ1) is 9.96. The summed E-state index contributed by atoms with van der Waals surface area (Å²) in [5.74, 6) is 0.102. The minimum Gasteiger partial charge on any atom is -0.338 e. The van der Waals surface area contributed by atoms with E-state index < -0.39 is 0 Å². The number of carbonyl (C=O) groups excluding carboxylic acids is 1. The summed E-state index contributed by atoms with van der Waals surface area (Å²) in [5.41, 5.74) is 4.21. The van der Waals surface area contributed by atoms with Crippen LogP contribution in [0.3, 0.4) is 0 Å². The highest BCUT2D eigenvalue weighted by molar-refractivity contribution is 6.08. The lowest BCUT2D eigenvalue weighted by atomic mass is 9.86. The third-order valence-corrected chi connectivity index (χ3v) is 4.02. The Bertz CT molecular complexity index is 704. The highest BCUT2D eigenvalue weighted by Crippen LogP contribution is 2.33. The van der Waals surface area contributed by atoms with Gasteiger partial charge in [-0.2, -0.15) is 0 Å². The quantitative estimate of drug-likeness (QED) is 0.739. The Balaban J connectivity index is 2.06. The fraction of sp³-hybridized carbons (Fsp3) is 0.316. The van der Waals surface area contributed by atoms with Crippen molar-refractivity contribution in [3.8, 4) is 0 Å². The third kappa shape index (κ3) is 2.71. The van der Waals surface area contributed by atoms with Crippen LogP contribution in [0.4, 0.5) is 0 Å². The Hall–Kier alpha value is -2.09. The molecule has 0 saturated heterocycles. The number of rotatable bonds is 2. The minimum atomic E-state index is 0.102. The monoisotopic (exact) mass is 279 g/mol. The molecule has 1 aromatic heterocycles. The Morgan fingerprint density at radius 1 is 1.10 bits per heavy atom. The first-order valence-corrected chi connectivity index (χ1v) is 7.43. The Kier molecular flexibility index (Phi) is 3.32. The van der Waals surface area contributed by atoms with Crippen molar-refractivity contribution >= 4 is 11.9 Å². The van der Waals surface area contributed by atoms with Crippen LogP contribution in [0.25, 0.3) is 6.08 Å². The van der Waals surface area contributed by atoms with Gasteiger partial charge in [0, 0.05) is 17.8 Å². The summed E-state index contributed by atoms with van der Waals surface area (Å²) in [4.78, 5) is 12.7. The normalized spacial score (nSPS) is 16.8. The Labute approximate surface area is 126 Å². The van der Waals surface area contributed by atoms with Crippen molar-refractivity contribution in [2.24, 2.45) is 5.41 Å². The molecule has 1 aromatic carbocycles. The summed E-state index contributed by atoms with van der Waals surface area (Å²) in [6.45, 7) is 7.56. The van der Waals surface area contributed by atoms with Gasteiger partial charge in [0.25, 0.3) is 0 Å². The van der Waals surface area contributed by atoms with E-state index >= 15 is 0 Å². The molecule has 0 amide bonds. The van der Waals surface area contributed by atoms with Crippen LogP contribution in [0.1, 0.15) is 48.9 Å². The van der Waals surface area contributed by atoms with Crippen LogP contribution in [0.5, 0.6) is 0 Å². The molecule has 2 aromatic rings. The van der Waals surface area contributed by atoms with Gasteiger partial charge in [-0.05, 0) is 37.0 Å². The van der Waals surface area contributed by atoms with Crippen LogP contribution < -0.4 is 0 Å². The van der Waals surface area contributed by atoms with E-state index in [0.29, 0.717) is 0 Å². The SMILES string of the molecule is CC1=Cc2ccc(C(=O)c3ccccc3)n2CC(C)(C)C1. The van der Waals surface area contributed by atoms with Gasteiger partial charge in [0.2, 0.25) is 5.78 Å². The summed E-state index contributed by atoms with van der Waals surface area (Å²) in [5, 5.41) is 0. The highest BCUT2D eigenvalue weighted by Gasteiger charge is 2.26. The van der Waals surface area contributed by atoms with Gasteiger partial charge in [-0.15, -0.1) is 0 Å². The van der Waals surface area contributed by atoms with Crippen LogP contribution in [0.15, 0.2) is 48.0 Å². The first kappa shape index (κ1) is 13.9. The minimum absolute atomic E-state index is 0.102. The summed E-state index contributed by atoms with van der Waals surface area (Å²) in [6, 6.07) is 13.5. The van der Waals surface area contributed by atoms with Gasteiger partial charge >= 0.3 is 0 Å². The predicted octanol–water partition coefficient (Wildman–Crippen LogP) is 4.55. The number of ketones is 1. The molecule has 0 bridgehead atoms. The van der Waals surface area contributed by atoms with Gasteiger partial charge in [-0.25, -0.2) is 0 Å². The van der Waals surface area contributed by atoms with Crippen LogP contribution in [0.2, 0.25) is 0 Å². The van der Waals surface area contributed by atoms with Crippen molar-refractivity contribution in [3.05, 3.63) is 65.0 Å². The molecule has 21 heavy (non-hydrogen) atoms. The van der Waals surface area contributed by atoms with Gasteiger partial charge in [-0.1, -0.05) is 49.8 Å². The lowest BCUT2D eigenvalue weighted by Crippen LogP contribution is -2.22. The predicted molar refractivity (Wildman–Crippen MR) is 86.4 cm³/mol. The number of fused-ring (bicyclic) bond motifs is 1. The molecule has 0 aliphatic carbocycles. The van der Waals surface area contributed by atoms with E-state index in [1.807, 2.05) is 36.4 Å². The van der Waals surface area contributed by atoms with Crippen LogP contribution in [0, 0.1) is 5.41 Å². The first-order valence-electron chi connectivity index (χ1n) is 7.43. The molecule has 1 aliphatic rings. The van der Waals surface area contributed by atoms with Crippen molar-refractivity contribution < 1.29 is 4.79 Å². The summed E-state index contributed by atoms with van der Waals surface area (Å²) < 4.78 is 2.17. The summed E-state index contributed by atoms with van der Waals surface area (Å²) in [7, 11) is 0. The van der Waals surface area contributed by atoms with E-state index in [2.05, 4.69) is 37.5 Å². The second-order valence-electron chi connectivity index (χ2n) is 6.76. The zero-order chi connectivity index (χ0) is 15.0. The Morgan fingerprint density at radius 2 is 1.81 bits per heavy atom. The number of hydrogen-bond donors (Lipinski definition) is 0. The van der Waals surface area contributed by atoms with Gasteiger partial charge in [-0.3, -0.25) is 4.79 Å². The zero-order valence-electron chi connectivity index (χ0n) is 12.9. The van der Waals surface area contributed by atoms with E-state index in [1.54, 1.807) is 0 Å². The maximum atomic E-state index is 12.7. The molecule has 0 unspecified atom stereocenters. The molecule has 1 aliphatic heterocycles. The molecular formula is C19H21NO. The van der Waals surface area contributed by atoms with E-state index in [9.17, 15) is 4.79 Å². The van der Waals surface area contributed by atoms with E-state index in [0.717, 1.165) is 29.9 Å². The van der Waals surface area contributed by atoms with E-state index in [1.165, 1.54) is 5.57 Å². The molecular weight excluding hydrogens is 258 g/mol. The Morgan fingerprint density at radius 3 is 2.52 bits per heavy atom. The highest BCUT2D eigenvalue weighted by atomic mass is 16.1. The molecule has 108 valence electrons. The van der Waals surface area contributed by atoms with Gasteiger partial charge in [0.05, 0.1) is 5.69 Å². The second kappa shape index (κ2) is 5.03. The molecule has 2 heterocycles. The molecule has 0 N–H and O–H groups in total. The topological polar surface area (TPSA) is 22.0 Å². The van der Waals surface area contributed by atoms with Crippen LogP contribution in [-0.2, 0) is 6.54 Å². The lowest BCUT2D eigenvalue weighted by Gasteiger charge is -2.25. The third-order valence-electron chi connectivity index (χ3n) is 4.02. The van der Waals surface area contributed by atoms with Crippen molar-refractivity contribution in [2.75, 3.05) is 0 Å². The smallest absolute Gasteiger partial charge is 0.209 e. The standard InChI is InChI=1S/C19H21NO/c1-14-11-16-9-10-17(20(16)13-19(2,3)12-14)18(21)15-7-5-4-6-8-15/h4-11H,12-13H2,1-3H3. The average molecular weight is 279 g/mol. The average Bonchev–Trinajstić information content (AvgIpc) is 2.75.